The average molecular weight is 630 g/mol. The highest BCUT2D eigenvalue weighted by Crippen LogP contribution is 2.20. The van der Waals surface area contributed by atoms with Crippen LogP contribution in [0.2, 0.25) is 0 Å². The number of ether oxygens (including phenoxy) is 1. The van der Waals surface area contributed by atoms with E-state index >= 15 is 0 Å². The zero-order valence-electron chi connectivity index (χ0n) is 24.8. The van der Waals surface area contributed by atoms with Crippen LogP contribution in [0.3, 0.4) is 0 Å². The minimum absolute atomic E-state index is 0.212. The Morgan fingerprint density at radius 2 is 1.13 bits per heavy atom. The molecule has 16 nitrogen and oxygen atoms in total. The molecule has 2 amide bonds. The summed E-state index contributed by atoms with van der Waals surface area (Å²) in [5, 5.41) is 33.7. The third kappa shape index (κ3) is 14.2. The molecule has 2 aliphatic heterocycles. The second-order valence-corrected chi connectivity index (χ2v) is 9.89. The van der Waals surface area contributed by atoms with Gasteiger partial charge in [-0.2, -0.15) is 0 Å². The third-order valence-electron chi connectivity index (χ3n) is 5.72. The average Bonchev–Trinajstić information content (AvgIpc) is 3.21. The molecule has 16 heteroatoms. The van der Waals surface area contributed by atoms with Crippen molar-refractivity contribution in [2.24, 2.45) is 0 Å². The first-order valence-corrected chi connectivity index (χ1v) is 13.6. The lowest BCUT2D eigenvalue weighted by Gasteiger charge is -2.24. The van der Waals surface area contributed by atoms with Gasteiger partial charge in [-0.25, -0.2) is 0 Å². The zero-order valence-corrected chi connectivity index (χ0v) is 24.8. The number of aliphatic carboxylic acids is 4. The van der Waals surface area contributed by atoms with E-state index < -0.39 is 23.9 Å². The van der Waals surface area contributed by atoms with Gasteiger partial charge in [-0.05, 0) is 18.6 Å². The highest BCUT2D eigenvalue weighted by molar-refractivity contribution is 6.12. The van der Waals surface area contributed by atoms with Gasteiger partial charge in [-0.15, -0.1) is 0 Å². The predicted octanol–water partition coefficient (Wildman–Crippen LogP) is 0.839. The van der Waals surface area contributed by atoms with E-state index in [1.54, 1.807) is 34.1 Å². The number of imide groups is 1. The van der Waals surface area contributed by atoms with Crippen LogP contribution in [0.15, 0.2) is 42.5 Å². The van der Waals surface area contributed by atoms with Gasteiger partial charge in [0.05, 0.1) is 42.5 Å². The van der Waals surface area contributed by atoms with Crippen LogP contribution >= 0.6 is 0 Å². The van der Waals surface area contributed by atoms with Crippen molar-refractivity contribution in [1.29, 1.82) is 0 Å². The van der Waals surface area contributed by atoms with E-state index in [9.17, 15) is 29.4 Å². The SMILES string of the molecule is CC(=O)O.CC(=O)O.O=C(O)CN1Cc2cccc(n2)CN(CC(=O)O)Cc2cc(OCCCN3C(=O)C=CC3=O)cc(n2)C1. The van der Waals surface area contributed by atoms with Gasteiger partial charge in [-0.3, -0.25) is 53.4 Å². The normalized spacial score (nSPS) is 14.6. The maximum Gasteiger partial charge on any atom is 0.317 e. The van der Waals surface area contributed by atoms with Crippen molar-refractivity contribution in [3.8, 4) is 5.75 Å². The maximum atomic E-state index is 11.7. The number of rotatable bonds is 9. The minimum atomic E-state index is -0.982. The Hall–Kier alpha value is -5.22. The van der Waals surface area contributed by atoms with E-state index in [0.717, 1.165) is 18.7 Å². The van der Waals surface area contributed by atoms with Gasteiger partial charge in [0.25, 0.3) is 23.8 Å². The monoisotopic (exact) mass is 629 g/mol. The molecule has 45 heavy (non-hydrogen) atoms. The molecule has 0 saturated carbocycles. The first-order valence-electron chi connectivity index (χ1n) is 13.6. The van der Waals surface area contributed by atoms with Crippen molar-refractivity contribution in [3.63, 3.8) is 0 Å². The number of carboxylic acids is 4. The zero-order chi connectivity index (χ0) is 33.5. The molecular formula is C29H35N5O11. The van der Waals surface area contributed by atoms with Gasteiger partial charge in [0.1, 0.15) is 5.75 Å². The molecule has 2 aliphatic rings. The quantitative estimate of drug-likeness (QED) is 0.222. The van der Waals surface area contributed by atoms with Crippen molar-refractivity contribution in [3.05, 3.63) is 65.3 Å². The number of fused-ring (bicyclic) bond motifs is 4. The van der Waals surface area contributed by atoms with Gasteiger partial charge in [0, 0.05) is 70.9 Å². The molecule has 0 unspecified atom stereocenters. The Labute approximate surface area is 258 Å². The number of hydrogen-bond donors (Lipinski definition) is 4. The molecule has 0 aliphatic carbocycles. The summed E-state index contributed by atoms with van der Waals surface area (Å²) >= 11 is 0. The van der Waals surface area contributed by atoms with Crippen molar-refractivity contribution in [2.75, 3.05) is 26.2 Å². The summed E-state index contributed by atoms with van der Waals surface area (Å²) in [6.07, 6.45) is 2.89. The summed E-state index contributed by atoms with van der Waals surface area (Å²) in [5.74, 6) is -3.85. The van der Waals surface area contributed by atoms with Crippen LogP contribution in [0.1, 0.15) is 43.0 Å². The molecule has 4 N–H and O–H groups in total. The molecule has 0 saturated heterocycles. The Morgan fingerprint density at radius 1 is 0.733 bits per heavy atom. The summed E-state index contributed by atoms with van der Waals surface area (Å²) in [5.41, 5.74) is 2.47. The molecule has 242 valence electrons. The molecule has 4 rings (SSSR count). The Balaban J connectivity index is 0.000000789. The Bertz CT molecular complexity index is 1330. The summed E-state index contributed by atoms with van der Waals surface area (Å²) in [6.45, 7) is 3.15. The van der Waals surface area contributed by atoms with E-state index in [1.807, 2.05) is 6.07 Å². The van der Waals surface area contributed by atoms with Crippen LogP contribution in [-0.4, -0.2) is 107 Å². The predicted molar refractivity (Wildman–Crippen MR) is 155 cm³/mol. The van der Waals surface area contributed by atoms with Crippen LogP contribution < -0.4 is 4.74 Å². The summed E-state index contributed by atoms with van der Waals surface area (Å²) in [6, 6.07) is 8.85. The fourth-order valence-corrected chi connectivity index (χ4v) is 4.27. The van der Waals surface area contributed by atoms with Gasteiger partial charge < -0.3 is 25.2 Å². The summed E-state index contributed by atoms with van der Waals surface area (Å²) < 4.78 is 5.90. The standard InChI is InChI=1S/C25H27N5O7.2C2H4O2/c31-22-5-6-23(32)30(22)7-2-8-37-21-9-19-13-28(15-24(33)34)11-17-3-1-4-18(26-17)12-29(16-25(35)36)14-20(10-21)27-19;2*1-2(3)4/h1,3-6,9-10H,2,7-8,11-16H2,(H,33,34)(H,35,36);2*1H3,(H,3,4). The Morgan fingerprint density at radius 3 is 1.56 bits per heavy atom. The second-order valence-electron chi connectivity index (χ2n) is 9.89. The van der Waals surface area contributed by atoms with Gasteiger partial charge in [-0.1, -0.05) is 6.07 Å². The number of aromatic nitrogens is 2. The van der Waals surface area contributed by atoms with Crippen LogP contribution in [0.25, 0.3) is 0 Å². The fourth-order valence-electron chi connectivity index (χ4n) is 4.27. The second kappa shape index (κ2) is 17.8. The van der Waals surface area contributed by atoms with Crippen molar-refractivity contribution in [1.82, 2.24) is 24.7 Å². The van der Waals surface area contributed by atoms with Gasteiger partial charge in [0.2, 0.25) is 0 Å². The number of carbonyl (C=O) groups excluding carboxylic acids is 2. The Kier molecular flexibility index (Phi) is 14.2. The molecule has 4 bridgehead atoms. The lowest BCUT2D eigenvalue weighted by atomic mass is 10.2. The molecule has 0 radical (unpaired) electrons. The molecular weight excluding hydrogens is 594 g/mol. The number of nitrogens with zero attached hydrogens (tertiary/aromatic N) is 5. The lowest BCUT2D eigenvalue weighted by Crippen LogP contribution is -2.32. The van der Waals surface area contributed by atoms with E-state index in [4.69, 9.17) is 24.5 Å². The minimum Gasteiger partial charge on any atom is -0.493 e. The van der Waals surface area contributed by atoms with Crippen LogP contribution in [0.5, 0.6) is 5.75 Å². The smallest absolute Gasteiger partial charge is 0.317 e. The number of amides is 2. The van der Waals surface area contributed by atoms with Crippen LogP contribution in [0.4, 0.5) is 0 Å². The van der Waals surface area contributed by atoms with Crippen LogP contribution in [0, 0.1) is 0 Å². The summed E-state index contributed by atoms with van der Waals surface area (Å²) in [4.78, 5) is 78.3. The molecule has 0 fully saturated rings. The highest BCUT2D eigenvalue weighted by Gasteiger charge is 2.23. The topological polar surface area (TPSA) is 228 Å². The first-order chi connectivity index (χ1) is 21.2. The van der Waals surface area contributed by atoms with Gasteiger partial charge in [0.15, 0.2) is 0 Å². The molecule has 2 aromatic heterocycles. The summed E-state index contributed by atoms with van der Waals surface area (Å²) in [7, 11) is 0. The third-order valence-corrected chi connectivity index (χ3v) is 5.72. The molecule has 2 aromatic rings. The number of hydrogen-bond acceptors (Lipinski definition) is 11. The number of pyridine rings is 2. The van der Waals surface area contributed by atoms with Crippen molar-refractivity contribution < 1.29 is 53.9 Å². The van der Waals surface area contributed by atoms with E-state index in [2.05, 4.69) is 9.97 Å². The van der Waals surface area contributed by atoms with Gasteiger partial charge >= 0.3 is 11.9 Å². The largest absolute Gasteiger partial charge is 0.493 e. The molecule has 0 spiro atoms. The number of carboxylic acid groups (broad SMARTS) is 4. The van der Waals surface area contributed by atoms with E-state index in [0.29, 0.717) is 34.9 Å². The van der Waals surface area contributed by atoms with Crippen molar-refractivity contribution in [2.45, 2.75) is 46.4 Å². The number of carbonyl (C=O) groups is 6. The van der Waals surface area contributed by atoms with E-state index in [-0.39, 0.29) is 64.2 Å². The molecule has 0 aromatic carbocycles. The van der Waals surface area contributed by atoms with E-state index in [1.165, 1.54) is 12.2 Å². The first kappa shape index (κ1) is 36.0. The fraction of sp³-hybridized carbons (Fsp3) is 0.379. The lowest BCUT2D eigenvalue weighted by molar-refractivity contribution is -0.139. The maximum absolute atomic E-state index is 11.7. The molecule has 0 atom stereocenters. The highest BCUT2D eigenvalue weighted by atomic mass is 16.5. The molecule has 4 heterocycles. The van der Waals surface area contributed by atoms with Crippen molar-refractivity contribution >= 4 is 35.7 Å². The van der Waals surface area contributed by atoms with Crippen LogP contribution in [-0.2, 0) is 54.9 Å².